The lowest BCUT2D eigenvalue weighted by molar-refractivity contribution is 0.0652. The van der Waals surface area contributed by atoms with Gasteiger partial charge in [-0.2, -0.15) is 0 Å². The van der Waals surface area contributed by atoms with E-state index in [1.165, 1.54) is 6.07 Å². The van der Waals surface area contributed by atoms with Crippen LogP contribution in [0.25, 0.3) is 11.3 Å². The van der Waals surface area contributed by atoms with Crippen LogP contribution in [0.2, 0.25) is 5.02 Å². The third kappa shape index (κ3) is 2.74. The number of benzene rings is 1. The molecule has 0 bridgehead atoms. The Balaban J connectivity index is 2.73. The van der Waals surface area contributed by atoms with Crippen LogP contribution in [-0.4, -0.2) is 23.3 Å². The van der Waals surface area contributed by atoms with E-state index in [9.17, 15) is 4.79 Å². The van der Waals surface area contributed by atoms with Gasteiger partial charge in [-0.05, 0) is 30.0 Å². The molecule has 0 saturated carbocycles. The van der Waals surface area contributed by atoms with Gasteiger partial charge in [0.25, 0.3) is 0 Å². The summed E-state index contributed by atoms with van der Waals surface area (Å²) < 4.78 is 10.3. The molecule has 21 heavy (non-hydrogen) atoms. The van der Waals surface area contributed by atoms with Crippen molar-refractivity contribution in [3.63, 3.8) is 0 Å². The number of methoxy groups -OCH3 is 1. The van der Waals surface area contributed by atoms with Crippen LogP contribution in [-0.2, 0) is 0 Å². The Labute approximate surface area is 127 Å². The first kappa shape index (κ1) is 15.4. The highest BCUT2D eigenvalue weighted by molar-refractivity contribution is 6.32. The molecule has 0 spiro atoms. The number of nitrogens with zero attached hydrogens (tertiary/aromatic N) is 1. The number of hydrogen-bond donors (Lipinski definition) is 1. The number of hydrogen-bond acceptors (Lipinski definition) is 4. The third-order valence-corrected chi connectivity index (χ3v) is 3.70. The predicted octanol–water partition coefficient (Wildman–Crippen LogP) is 4.13. The third-order valence-electron chi connectivity index (χ3n) is 3.31. The standard InChI is InChI=1S/C15H16ClNO4/c1-7(2)9-5-10(16)8(3)13(14(9)20-4)11-6-12(15(18)19)21-17-11/h5-7H,1-4H3,(H,18,19). The van der Waals surface area contributed by atoms with E-state index in [2.05, 4.69) is 5.16 Å². The summed E-state index contributed by atoms with van der Waals surface area (Å²) in [5.74, 6) is -0.561. The van der Waals surface area contributed by atoms with Crippen molar-refractivity contribution in [3.05, 3.63) is 34.0 Å². The molecule has 2 rings (SSSR count). The fourth-order valence-electron chi connectivity index (χ4n) is 2.20. The second-order valence-electron chi connectivity index (χ2n) is 5.02. The lowest BCUT2D eigenvalue weighted by Gasteiger charge is -2.18. The van der Waals surface area contributed by atoms with Crippen molar-refractivity contribution >= 4 is 17.6 Å². The van der Waals surface area contributed by atoms with E-state index in [4.69, 9.17) is 26.0 Å². The first-order valence-corrected chi connectivity index (χ1v) is 6.82. The molecule has 1 aromatic carbocycles. The van der Waals surface area contributed by atoms with Gasteiger partial charge in [-0.15, -0.1) is 0 Å². The first-order chi connectivity index (χ1) is 9.86. The predicted molar refractivity (Wildman–Crippen MR) is 79.3 cm³/mol. The number of ether oxygens (including phenoxy) is 1. The van der Waals surface area contributed by atoms with E-state index in [0.717, 1.165) is 11.1 Å². The number of carbonyl (C=O) groups is 1. The summed E-state index contributed by atoms with van der Waals surface area (Å²) >= 11 is 6.28. The van der Waals surface area contributed by atoms with Crippen molar-refractivity contribution in [3.8, 4) is 17.0 Å². The van der Waals surface area contributed by atoms with Crippen molar-refractivity contribution in [2.45, 2.75) is 26.7 Å². The highest BCUT2D eigenvalue weighted by Gasteiger charge is 2.22. The topological polar surface area (TPSA) is 72.6 Å². The molecular weight excluding hydrogens is 294 g/mol. The molecular formula is C15H16ClNO4. The molecule has 0 atom stereocenters. The zero-order valence-corrected chi connectivity index (χ0v) is 13.0. The second kappa shape index (κ2) is 5.77. The lowest BCUT2D eigenvalue weighted by atomic mass is 9.94. The van der Waals surface area contributed by atoms with Gasteiger partial charge in [0.1, 0.15) is 11.4 Å². The summed E-state index contributed by atoms with van der Waals surface area (Å²) in [5, 5.41) is 13.3. The maximum Gasteiger partial charge on any atom is 0.374 e. The fraction of sp³-hybridized carbons (Fsp3) is 0.333. The van der Waals surface area contributed by atoms with E-state index < -0.39 is 5.97 Å². The molecule has 0 aliphatic rings. The van der Waals surface area contributed by atoms with E-state index >= 15 is 0 Å². The van der Waals surface area contributed by atoms with E-state index in [-0.39, 0.29) is 11.7 Å². The molecule has 0 unspecified atom stereocenters. The maximum atomic E-state index is 10.9. The van der Waals surface area contributed by atoms with Crippen LogP contribution >= 0.6 is 11.6 Å². The molecule has 0 saturated heterocycles. The minimum absolute atomic E-state index is 0.197. The van der Waals surface area contributed by atoms with E-state index in [1.54, 1.807) is 7.11 Å². The molecule has 0 fully saturated rings. The van der Waals surface area contributed by atoms with Gasteiger partial charge in [-0.3, -0.25) is 0 Å². The Hall–Kier alpha value is -2.01. The van der Waals surface area contributed by atoms with Crippen LogP contribution in [0.4, 0.5) is 0 Å². The summed E-state index contributed by atoms with van der Waals surface area (Å²) in [4.78, 5) is 10.9. The fourth-order valence-corrected chi connectivity index (χ4v) is 2.41. The molecule has 5 nitrogen and oxygen atoms in total. The summed E-state index contributed by atoms with van der Waals surface area (Å²) in [5.41, 5.74) is 2.75. The zero-order valence-electron chi connectivity index (χ0n) is 12.2. The van der Waals surface area contributed by atoms with Crippen molar-refractivity contribution in [1.29, 1.82) is 0 Å². The van der Waals surface area contributed by atoms with Crippen LogP contribution in [0.5, 0.6) is 5.75 Å². The number of carboxylic acids is 1. The molecule has 0 radical (unpaired) electrons. The number of carboxylic acid groups (broad SMARTS) is 1. The number of aromatic nitrogens is 1. The van der Waals surface area contributed by atoms with Gasteiger partial charge in [-0.25, -0.2) is 4.79 Å². The normalized spacial score (nSPS) is 11.0. The molecule has 1 heterocycles. The summed E-state index contributed by atoms with van der Waals surface area (Å²) in [6.45, 7) is 5.89. The number of rotatable bonds is 4. The van der Waals surface area contributed by atoms with Crippen LogP contribution in [0.3, 0.4) is 0 Å². The second-order valence-corrected chi connectivity index (χ2v) is 5.42. The molecule has 1 N–H and O–H groups in total. The molecule has 1 aromatic heterocycles. The Morgan fingerprint density at radius 3 is 2.57 bits per heavy atom. The van der Waals surface area contributed by atoms with Gasteiger partial charge in [0, 0.05) is 11.1 Å². The summed E-state index contributed by atoms with van der Waals surface area (Å²) in [6, 6.07) is 3.23. The average molecular weight is 310 g/mol. The minimum atomic E-state index is -1.17. The van der Waals surface area contributed by atoms with E-state index in [1.807, 2.05) is 26.8 Å². The quantitative estimate of drug-likeness (QED) is 0.919. The van der Waals surface area contributed by atoms with Crippen molar-refractivity contribution < 1.29 is 19.2 Å². The van der Waals surface area contributed by atoms with Crippen LogP contribution in [0.15, 0.2) is 16.7 Å². The van der Waals surface area contributed by atoms with Crippen molar-refractivity contribution in [2.75, 3.05) is 7.11 Å². The highest BCUT2D eigenvalue weighted by atomic mass is 35.5. The van der Waals surface area contributed by atoms with Gasteiger partial charge in [0.2, 0.25) is 5.76 Å². The van der Waals surface area contributed by atoms with Crippen LogP contribution < -0.4 is 4.74 Å². The van der Waals surface area contributed by atoms with E-state index in [0.29, 0.717) is 22.0 Å². The van der Waals surface area contributed by atoms with Crippen LogP contribution in [0, 0.1) is 6.92 Å². The number of halogens is 1. The average Bonchev–Trinajstić information content (AvgIpc) is 2.90. The van der Waals surface area contributed by atoms with Crippen LogP contribution in [0.1, 0.15) is 41.4 Å². The first-order valence-electron chi connectivity index (χ1n) is 6.44. The number of aromatic carboxylic acids is 1. The lowest BCUT2D eigenvalue weighted by Crippen LogP contribution is -2.00. The highest BCUT2D eigenvalue weighted by Crippen LogP contribution is 2.42. The Bertz CT molecular complexity index is 691. The van der Waals surface area contributed by atoms with Gasteiger partial charge in [0.05, 0.1) is 12.7 Å². The molecule has 0 amide bonds. The van der Waals surface area contributed by atoms with Gasteiger partial charge >= 0.3 is 5.97 Å². The van der Waals surface area contributed by atoms with Gasteiger partial charge < -0.3 is 14.4 Å². The van der Waals surface area contributed by atoms with Gasteiger partial charge in [0.15, 0.2) is 0 Å². The van der Waals surface area contributed by atoms with Gasteiger partial charge in [-0.1, -0.05) is 30.6 Å². The molecule has 2 aromatic rings. The smallest absolute Gasteiger partial charge is 0.374 e. The SMILES string of the molecule is COc1c(C(C)C)cc(Cl)c(C)c1-c1cc(C(=O)O)on1. The van der Waals surface area contributed by atoms with Crippen molar-refractivity contribution in [1.82, 2.24) is 5.16 Å². The Morgan fingerprint density at radius 1 is 1.43 bits per heavy atom. The minimum Gasteiger partial charge on any atom is -0.496 e. The molecule has 6 heteroatoms. The zero-order chi connectivity index (χ0) is 15.7. The Morgan fingerprint density at radius 2 is 2.10 bits per heavy atom. The largest absolute Gasteiger partial charge is 0.496 e. The monoisotopic (exact) mass is 309 g/mol. The summed E-state index contributed by atoms with van der Waals surface area (Å²) in [7, 11) is 1.57. The molecule has 0 aliphatic carbocycles. The maximum absolute atomic E-state index is 10.9. The molecule has 0 aliphatic heterocycles. The van der Waals surface area contributed by atoms with Crippen molar-refractivity contribution in [2.24, 2.45) is 0 Å². The molecule has 112 valence electrons. The Kier molecular flexibility index (Phi) is 4.23. The summed E-state index contributed by atoms with van der Waals surface area (Å²) in [6.07, 6.45) is 0.